The molecule has 56 valence electrons. The molecule has 2 aromatic heterocycles. The SMILES string of the molecule is Cc1cnn2cc[nH]c(=O)c12. The van der Waals surface area contributed by atoms with Crippen LogP contribution in [0.2, 0.25) is 0 Å². The molecule has 0 atom stereocenters. The summed E-state index contributed by atoms with van der Waals surface area (Å²) in [7, 11) is 0. The Hall–Kier alpha value is -1.58. The van der Waals surface area contributed by atoms with Crippen molar-refractivity contribution in [3.8, 4) is 0 Å². The van der Waals surface area contributed by atoms with Crippen molar-refractivity contribution < 1.29 is 0 Å². The molecule has 1 N–H and O–H groups in total. The van der Waals surface area contributed by atoms with Gasteiger partial charge in [-0.25, -0.2) is 4.52 Å². The van der Waals surface area contributed by atoms with Crippen molar-refractivity contribution in [2.45, 2.75) is 6.92 Å². The topological polar surface area (TPSA) is 50.2 Å². The standard InChI is InChI=1S/C7H7N3O/c1-5-4-9-10-3-2-8-7(11)6(5)10/h2-4H,1H3,(H,8,11). The van der Waals surface area contributed by atoms with E-state index in [1.165, 1.54) is 0 Å². The van der Waals surface area contributed by atoms with Gasteiger partial charge in [0, 0.05) is 18.0 Å². The Bertz CT molecular complexity index is 440. The molecule has 0 aliphatic carbocycles. The number of hydrogen-bond acceptors (Lipinski definition) is 2. The third kappa shape index (κ3) is 0.756. The van der Waals surface area contributed by atoms with Gasteiger partial charge in [-0.2, -0.15) is 5.10 Å². The van der Waals surface area contributed by atoms with Crippen molar-refractivity contribution in [3.05, 3.63) is 34.5 Å². The van der Waals surface area contributed by atoms with E-state index in [4.69, 9.17) is 0 Å². The summed E-state index contributed by atoms with van der Waals surface area (Å²) >= 11 is 0. The van der Waals surface area contributed by atoms with Crippen LogP contribution in [-0.2, 0) is 0 Å². The maximum Gasteiger partial charge on any atom is 0.274 e. The van der Waals surface area contributed by atoms with Crippen molar-refractivity contribution in [2.75, 3.05) is 0 Å². The summed E-state index contributed by atoms with van der Waals surface area (Å²) in [5.74, 6) is 0. The first kappa shape index (κ1) is 6.15. The Morgan fingerprint density at radius 2 is 2.45 bits per heavy atom. The van der Waals surface area contributed by atoms with E-state index < -0.39 is 0 Å². The maximum absolute atomic E-state index is 11.1. The van der Waals surface area contributed by atoms with Crippen molar-refractivity contribution >= 4 is 5.52 Å². The Kier molecular flexibility index (Phi) is 1.09. The minimum Gasteiger partial charge on any atom is -0.326 e. The van der Waals surface area contributed by atoms with Gasteiger partial charge in [0.2, 0.25) is 0 Å². The van der Waals surface area contributed by atoms with E-state index in [0.717, 1.165) is 5.56 Å². The summed E-state index contributed by atoms with van der Waals surface area (Å²) in [6.45, 7) is 1.86. The highest BCUT2D eigenvalue weighted by Crippen LogP contribution is 2.00. The van der Waals surface area contributed by atoms with Gasteiger partial charge in [0.1, 0.15) is 5.52 Å². The van der Waals surface area contributed by atoms with Crippen LogP contribution in [0.15, 0.2) is 23.4 Å². The quantitative estimate of drug-likeness (QED) is 0.586. The van der Waals surface area contributed by atoms with Gasteiger partial charge in [-0.15, -0.1) is 0 Å². The minimum atomic E-state index is -0.0949. The molecule has 4 nitrogen and oxygen atoms in total. The third-order valence-corrected chi connectivity index (χ3v) is 1.62. The fraction of sp³-hybridized carbons (Fsp3) is 0.143. The molecule has 0 saturated heterocycles. The Morgan fingerprint density at radius 3 is 3.18 bits per heavy atom. The highest BCUT2D eigenvalue weighted by Gasteiger charge is 2.00. The molecule has 0 spiro atoms. The lowest BCUT2D eigenvalue weighted by Crippen LogP contribution is -2.08. The van der Waals surface area contributed by atoms with Gasteiger partial charge in [0.05, 0.1) is 6.20 Å². The van der Waals surface area contributed by atoms with E-state index in [9.17, 15) is 4.79 Å². The van der Waals surface area contributed by atoms with Crippen LogP contribution in [0.3, 0.4) is 0 Å². The highest BCUT2D eigenvalue weighted by molar-refractivity contribution is 5.50. The lowest BCUT2D eigenvalue weighted by Gasteiger charge is -1.89. The van der Waals surface area contributed by atoms with Crippen LogP contribution in [-0.4, -0.2) is 14.6 Å². The van der Waals surface area contributed by atoms with E-state index in [-0.39, 0.29) is 5.56 Å². The molecule has 2 aromatic rings. The molecule has 0 radical (unpaired) electrons. The van der Waals surface area contributed by atoms with Crippen LogP contribution >= 0.6 is 0 Å². The zero-order valence-electron chi connectivity index (χ0n) is 6.03. The van der Waals surface area contributed by atoms with Gasteiger partial charge in [-0.3, -0.25) is 4.79 Å². The lowest BCUT2D eigenvalue weighted by atomic mass is 10.3. The predicted octanol–water partition coefficient (Wildman–Crippen LogP) is 0.331. The second-order valence-electron chi connectivity index (χ2n) is 2.41. The smallest absolute Gasteiger partial charge is 0.274 e. The average Bonchev–Trinajstić information content (AvgIpc) is 2.34. The van der Waals surface area contributed by atoms with Crippen molar-refractivity contribution in [2.24, 2.45) is 0 Å². The first-order valence-electron chi connectivity index (χ1n) is 3.30. The number of aryl methyl sites for hydroxylation is 1. The minimum absolute atomic E-state index is 0.0949. The van der Waals surface area contributed by atoms with E-state index >= 15 is 0 Å². The van der Waals surface area contributed by atoms with Crippen LogP contribution < -0.4 is 5.56 Å². The molecule has 0 aliphatic rings. The van der Waals surface area contributed by atoms with Gasteiger partial charge in [-0.05, 0) is 6.92 Å². The van der Waals surface area contributed by atoms with Crippen molar-refractivity contribution in [1.29, 1.82) is 0 Å². The van der Waals surface area contributed by atoms with Crippen LogP contribution in [0.25, 0.3) is 5.52 Å². The Balaban J connectivity index is 3.08. The molecule has 0 saturated carbocycles. The zero-order valence-corrected chi connectivity index (χ0v) is 6.03. The number of nitrogens with one attached hydrogen (secondary N) is 1. The van der Waals surface area contributed by atoms with Gasteiger partial charge in [0.15, 0.2) is 0 Å². The van der Waals surface area contributed by atoms with E-state index in [1.54, 1.807) is 23.1 Å². The maximum atomic E-state index is 11.1. The van der Waals surface area contributed by atoms with Gasteiger partial charge < -0.3 is 4.98 Å². The molecule has 0 bridgehead atoms. The monoisotopic (exact) mass is 149 g/mol. The lowest BCUT2D eigenvalue weighted by molar-refractivity contribution is 0.936. The molecule has 2 rings (SSSR count). The van der Waals surface area contributed by atoms with Gasteiger partial charge in [0.25, 0.3) is 5.56 Å². The molecule has 4 heteroatoms. The normalized spacial score (nSPS) is 10.6. The Morgan fingerprint density at radius 1 is 1.64 bits per heavy atom. The summed E-state index contributed by atoms with van der Waals surface area (Å²) in [4.78, 5) is 13.7. The second kappa shape index (κ2) is 1.95. The average molecular weight is 149 g/mol. The largest absolute Gasteiger partial charge is 0.326 e. The van der Waals surface area contributed by atoms with Crippen molar-refractivity contribution in [1.82, 2.24) is 14.6 Å². The van der Waals surface area contributed by atoms with Crippen LogP contribution in [0, 0.1) is 6.92 Å². The number of aromatic nitrogens is 3. The number of rotatable bonds is 0. The number of hydrogen-bond donors (Lipinski definition) is 1. The summed E-state index contributed by atoms with van der Waals surface area (Å²) in [6, 6.07) is 0. The molecule has 11 heavy (non-hydrogen) atoms. The van der Waals surface area contributed by atoms with Crippen LogP contribution in [0.1, 0.15) is 5.56 Å². The molecular formula is C7H7N3O. The van der Waals surface area contributed by atoms with Gasteiger partial charge >= 0.3 is 0 Å². The molecule has 0 aliphatic heterocycles. The van der Waals surface area contributed by atoms with Crippen LogP contribution in [0.4, 0.5) is 0 Å². The molecule has 0 fully saturated rings. The number of aromatic amines is 1. The molecule has 0 aromatic carbocycles. The second-order valence-corrected chi connectivity index (χ2v) is 2.41. The summed E-state index contributed by atoms with van der Waals surface area (Å²) in [5.41, 5.74) is 1.42. The molecule has 0 amide bonds. The highest BCUT2D eigenvalue weighted by atomic mass is 16.1. The fourth-order valence-corrected chi connectivity index (χ4v) is 1.10. The van der Waals surface area contributed by atoms with Gasteiger partial charge in [-0.1, -0.05) is 0 Å². The van der Waals surface area contributed by atoms with E-state index in [2.05, 4.69) is 10.1 Å². The summed E-state index contributed by atoms with van der Waals surface area (Å²) in [5, 5.41) is 3.98. The van der Waals surface area contributed by atoms with E-state index in [1.807, 2.05) is 6.92 Å². The molecular weight excluding hydrogens is 142 g/mol. The third-order valence-electron chi connectivity index (χ3n) is 1.62. The fourth-order valence-electron chi connectivity index (χ4n) is 1.10. The summed E-state index contributed by atoms with van der Waals surface area (Å²) in [6.07, 6.45) is 4.95. The number of fused-ring (bicyclic) bond motifs is 1. The zero-order chi connectivity index (χ0) is 7.84. The molecule has 0 unspecified atom stereocenters. The Labute approximate surface area is 62.5 Å². The first-order valence-corrected chi connectivity index (χ1v) is 3.30. The van der Waals surface area contributed by atoms with E-state index in [0.29, 0.717) is 5.52 Å². The first-order chi connectivity index (χ1) is 5.29. The predicted molar refractivity (Wildman–Crippen MR) is 40.5 cm³/mol. The number of nitrogens with zero attached hydrogens (tertiary/aromatic N) is 2. The molecule has 2 heterocycles. The number of H-pyrrole nitrogens is 1. The van der Waals surface area contributed by atoms with Crippen LogP contribution in [0.5, 0.6) is 0 Å². The summed E-state index contributed by atoms with van der Waals surface area (Å²) < 4.78 is 1.56. The van der Waals surface area contributed by atoms with Crippen molar-refractivity contribution in [3.63, 3.8) is 0 Å².